The minimum atomic E-state index is -3.66. The van der Waals surface area contributed by atoms with Crippen LogP contribution in [0.25, 0.3) is 0 Å². The third kappa shape index (κ3) is 4.62. The first-order valence-corrected chi connectivity index (χ1v) is 10.3. The largest absolute Gasteiger partial charge is 0.480 e. The van der Waals surface area contributed by atoms with Crippen molar-refractivity contribution in [3.63, 3.8) is 0 Å². The van der Waals surface area contributed by atoms with Crippen LogP contribution in [-0.2, 0) is 19.6 Å². The molecule has 0 aromatic heterocycles. The number of amides is 1. The monoisotopic (exact) mass is 382 g/mol. The Morgan fingerprint density at radius 1 is 1.31 bits per heavy atom. The summed E-state index contributed by atoms with van der Waals surface area (Å²) in [5, 5.41) is 11.9. The number of hydrogen-bond acceptors (Lipinski definition) is 4. The molecular weight excluding hydrogens is 356 g/mol. The van der Waals surface area contributed by atoms with Crippen LogP contribution in [0.15, 0.2) is 35.2 Å². The van der Waals surface area contributed by atoms with Gasteiger partial charge in [0.15, 0.2) is 0 Å². The number of benzene rings is 1. The Kier molecular flexibility index (Phi) is 6.77. The molecule has 1 aliphatic rings. The first-order chi connectivity index (χ1) is 12.3. The normalized spacial score (nSPS) is 20.9. The molecule has 144 valence electrons. The van der Waals surface area contributed by atoms with Crippen molar-refractivity contribution in [3.05, 3.63) is 30.3 Å². The lowest BCUT2D eigenvalue weighted by atomic mass is 9.95. The molecule has 2 N–H and O–H groups in total. The van der Waals surface area contributed by atoms with Crippen molar-refractivity contribution in [1.82, 2.24) is 9.62 Å². The van der Waals surface area contributed by atoms with E-state index in [9.17, 15) is 23.1 Å². The first kappa shape index (κ1) is 20.4. The van der Waals surface area contributed by atoms with Gasteiger partial charge in [-0.15, -0.1) is 0 Å². The Morgan fingerprint density at radius 2 is 1.96 bits per heavy atom. The number of hydrogen-bond donors (Lipinski definition) is 2. The van der Waals surface area contributed by atoms with Crippen LogP contribution < -0.4 is 5.32 Å². The number of carboxylic acids is 1. The quantitative estimate of drug-likeness (QED) is 0.747. The number of piperidine rings is 1. The maximum absolute atomic E-state index is 12.7. The summed E-state index contributed by atoms with van der Waals surface area (Å²) in [5.41, 5.74) is 0. The highest BCUT2D eigenvalue weighted by Crippen LogP contribution is 2.24. The molecule has 26 heavy (non-hydrogen) atoms. The van der Waals surface area contributed by atoms with Crippen molar-refractivity contribution in [2.24, 2.45) is 11.8 Å². The summed E-state index contributed by atoms with van der Waals surface area (Å²) in [4.78, 5) is 24.2. The number of nitrogens with zero attached hydrogens (tertiary/aromatic N) is 1. The minimum absolute atomic E-state index is 0.0654. The third-order valence-corrected chi connectivity index (χ3v) is 6.79. The van der Waals surface area contributed by atoms with Crippen molar-refractivity contribution in [2.75, 3.05) is 13.1 Å². The van der Waals surface area contributed by atoms with Gasteiger partial charge in [0.25, 0.3) is 0 Å². The summed E-state index contributed by atoms with van der Waals surface area (Å²) in [6.07, 6.45) is 1.72. The number of carboxylic acid groups (broad SMARTS) is 1. The Hall–Kier alpha value is -1.93. The topological polar surface area (TPSA) is 104 Å². The molecule has 1 fully saturated rings. The fourth-order valence-electron chi connectivity index (χ4n) is 3.07. The lowest BCUT2D eigenvalue weighted by Gasteiger charge is -2.32. The van der Waals surface area contributed by atoms with E-state index in [-0.39, 0.29) is 17.4 Å². The van der Waals surface area contributed by atoms with Gasteiger partial charge in [-0.1, -0.05) is 38.5 Å². The van der Waals surface area contributed by atoms with Gasteiger partial charge >= 0.3 is 5.97 Å². The Balaban J connectivity index is 2.10. The highest BCUT2D eigenvalue weighted by atomic mass is 32.2. The van der Waals surface area contributed by atoms with Crippen LogP contribution in [0.3, 0.4) is 0 Å². The number of carbonyl (C=O) groups excluding carboxylic acids is 1. The molecule has 1 aromatic rings. The SMILES string of the molecule is CCC(C)[C@@H](NC(=O)C1CCCN(S(=O)(=O)c2ccccc2)C1)C(=O)O. The lowest BCUT2D eigenvalue weighted by Crippen LogP contribution is -2.51. The standard InChI is InChI=1S/C18H26N2O5S/c1-3-13(2)16(18(22)23)19-17(21)14-8-7-11-20(12-14)26(24,25)15-9-5-4-6-10-15/h4-6,9-10,13-14,16H,3,7-8,11-12H2,1-2H3,(H,19,21)(H,22,23)/t13?,14?,16-/m1/s1. The van der Waals surface area contributed by atoms with Gasteiger partial charge in [-0.2, -0.15) is 4.31 Å². The number of rotatable bonds is 7. The van der Waals surface area contributed by atoms with E-state index in [1.54, 1.807) is 25.1 Å². The second-order valence-corrected chi connectivity index (χ2v) is 8.66. The van der Waals surface area contributed by atoms with E-state index in [0.29, 0.717) is 25.8 Å². The maximum atomic E-state index is 12.7. The van der Waals surface area contributed by atoms with Gasteiger partial charge in [0.1, 0.15) is 6.04 Å². The Bertz CT molecular complexity index is 735. The van der Waals surface area contributed by atoms with Gasteiger partial charge in [-0.05, 0) is 30.9 Å². The molecule has 0 saturated carbocycles. The molecule has 2 unspecified atom stereocenters. The number of sulfonamides is 1. The molecule has 1 saturated heterocycles. The molecule has 2 rings (SSSR count). The van der Waals surface area contributed by atoms with Crippen LogP contribution in [0, 0.1) is 11.8 Å². The van der Waals surface area contributed by atoms with Crippen molar-refractivity contribution in [2.45, 2.75) is 44.0 Å². The van der Waals surface area contributed by atoms with E-state index < -0.39 is 33.9 Å². The molecule has 1 aromatic carbocycles. The van der Waals surface area contributed by atoms with Gasteiger partial charge in [0.2, 0.25) is 15.9 Å². The molecule has 0 bridgehead atoms. The number of carbonyl (C=O) groups is 2. The van der Waals surface area contributed by atoms with Crippen molar-refractivity contribution in [1.29, 1.82) is 0 Å². The number of nitrogens with one attached hydrogen (secondary N) is 1. The van der Waals surface area contributed by atoms with Gasteiger partial charge in [0.05, 0.1) is 10.8 Å². The highest BCUT2D eigenvalue weighted by Gasteiger charge is 2.35. The Labute approximate surface area is 154 Å². The first-order valence-electron chi connectivity index (χ1n) is 8.85. The summed E-state index contributed by atoms with van der Waals surface area (Å²) >= 11 is 0. The van der Waals surface area contributed by atoms with Crippen molar-refractivity contribution >= 4 is 21.9 Å². The zero-order chi connectivity index (χ0) is 19.3. The minimum Gasteiger partial charge on any atom is -0.480 e. The van der Waals surface area contributed by atoms with E-state index in [2.05, 4.69) is 5.32 Å². The molecule has 8 heteroatoms. The highest BCUT2D eigenvalue weighted by molar-refractivity contribution is 7.89. The van der Waals surface area contributed by atoms with E-state index in [1.165, 1.54) is 16.4 Å². The van der Waals surface area contributed by atoms with Gasteiger partial charge < -0.3 is 10.4 Å². The van der Waals surface area contributed by atoms with Crippen LogP contribution in [0.2, 0.25) is 0 Å². The maximum Gasteiger partial charge on any atom is 0.326 e. The average Bonchev–Trinajstić information content (AvgIpc) is 2.65. The molecule has 1 aliphatic heterocycles. The van der Waals surface area contributed by atoms with Gasteiger partial charge in [0, 0.05) is 13.1 Å². The van der Waals surface area contributed by atoms with Crippen LogP contribution in [0.4, 0.5) is 0 Å². The third-order valence-electron chi connectivity index (χ3n) is 4.91. The zero-order valence-corrected chi connectivity index (χ0v) is 15.9. The Morgan fingerprint density at radius 3 is 2.54 bits per heavy atom. The fourth-order valence-corrected chi connectivity index (χ4v) is 4.62. The lowest BCUT2D eigenvalue weighted by molar-refractivity contribution is -0.144. The van der Waals surface area contributed by atoms with Crippen LogP contribution in [-0.4, -0.2) is 48.8 Å². The molecule has 0 aliphatic carbocycles. The predicted octanol–water partition coefficient (Wildman–Crippen LogP) is 1.70. The summed E-state index contributed by atoms with van der Waals surface area (Å²) in [6.45, 7) is 4.05. The predicted molar refractivity (Wildman–Crippen MR) is 96.9 cm³/mol. The second-order valence-electron chi connectivity index (χ2n) is 6.73. The number of aliphatic carboxylic acids is 1. The molecule has 0 spiro atoms. The fraction of sp³-hybridized carbons (Fsp3) is 0.556. The molecule has 0 radical (unpaired) electrons. The molecule has 1 heterocycles. The van der Waals surface area contributed by atoms with Crippen LogP contribution in [0.1, 0.15) is 33.1 Å². The van der Waals surface area contributed by atoms with Gasteiger partial charge in [-0.3, -0.25) is 4.79 Å². The van der Waals surface area contributed by atoms with Crippen molar-refractivity contribution in [3.8, 4) is 0 Å². The van der Waals surface area contributed by atoms with E-state index in [4.69, 9.17) is 0 Å². The molecular formula is C18H26N2O5S. The van der Waals surface area contributed by atoms with Gasteiger partial charge in [-0.25, -0.2) is 13.2 Å². The second kappa shape index (κ2) is 8.64. The van der Waals surface area contributed by atoms with E-state index in [0.717, 1.165) is 0 Å². The summed E-state index contributed by atoms with van der Waals surface area (Å²) in [6, 6.07) is 7.15. The van der Waals surface area contributed by atoms with E-state index in [1.807, 2.05) is 6.92 Å². The van der Waals surface area contributed by atoms with E-state index >= 15 is 0 Å². The van der Waals surface area contributed by atoms with Crippen molar-refractivity contribution < 1.29 is 23.1 Å². The molecule has 1 amide bonds. The molecule has 7 nitrogen and oxygen atoms in total. The zero-order valence-electron chi connectivity index (χ0n) is 15.1. The summed E-state index contributed by atoms with van der Waals surface area (Å²) in [7, 11) is -3.66. The average molecular weight is 382 g/mol. The summed E-state index contributed by atoms with van der Waals surface area (Å²) in [5.74, 6) is -2.22. The smallest absolute Gasteiger partial charge is 0.326 e. The summed E-state index contributed by atoms with van der Waals surface area (Å²) < 4.78 is 26.8. The molecule has 3 atom stereocenters. The van der Waals surface area contributed by atoms with Crippen LogP contribution >= 0.6 is 0 Å². The van der Waals surface area contributed by atoms with Crippen LogP contribution in [0.5, 0.6) is 0 Å².